The molecule has 0 bridgehead atoms. The zero-order valence-corrected chi connectivity index (χ0v) is 8.58. The molecule has 4 nitrogen and oxygen atoms in total. The number of carbonyl (C=O) groups excluding carboxylic acids is 1. The van der Waals surface area contributed by atoms with E-state index in [1.165, 1.54) is 0 Å². The number of ether oxygens (including phenoxy) is 1. The first-order valence-corrected chi connectivity index (χ1v) is 4.95. The predicted octanol–water partition coefficient (Wildman–Crippen LogP) is 0.0556. The van der Waals surface area contributed by atoms with Crippen LogP contribution < -0.4 is 10.6 Å². The molecule has 1 rings (SSSR count). The number of hydrogen-bond acceptors (Lipinski definition) is 3. The van der Waals surface area contributed by atoms with Crippen LogP contribution >= 0.6 is 0 Å². The van der Waals surface area contributed by atoms with Crippen molar-refractivity contribution in [2.75, 3.05) is 19.8 Å². The van der Waals surface area contributed by atoms with Crippen molar-refractivity contribution in [3.63, 3.8) is 0 Å². The molecular weight excluding hydrogens is 180 g/mol. The zero-order valence-electron chi connectivity index (χ0n) is 8.58. The summed E-state index contributed by atoms with van der Waals surface area (Å²) in [4.78, 5) is 11.4. The lowest BCUT2D eigenvalue weighted by molar-refractivity contribution is -0.122. The molecule has 0 saturated carbocycles. The van der Waals surface area contributed by atoms with Gasteiger partial charge in [0.1, 0.15) is 0 Å². The van der Waals surface area contributed by atoms with E-state index >= 15 is 0 Å². The summed E-state index contributed by atoms with van der Waals surface area (Å²) >= 11 is 0. The molecule has 1 aliphatic rings. The molecule has 14 heavy (non-hydrogen) atoms. The van der Waals surface area contributed by atoms with Gasteiger partial charge in [0.2, 0.25) is 5.91 Å². The van der Waals surface area contributed by atoms with E-state index in [0.717, 1.165) is 13.2 Å². The van der Waals surface area contributed by atoms with E-state index in [1.807, 2.05) is 6.92 Å². The van der Waals surface area contributed by atoms with Crippen LogP contribution in [0.25, 0.3) is 0 Å². The Morgan fingerprint density at radius 2 is 2.64 bits per heavy atom. The van der Waals surface area contributed by atoms with Gasteiger partial charge in [-0.1, -0.05) is 6.08 Å². The highest BCUT2D eigenvalue weighted by molar-refractivity contribution is 5.77. The van der Waals surface area contributed by atoms with E-state index < -0.39 is 0 Å². The van der Waals surface area contributed by atoms with Gasteiger partial charge in [0.25, 0.3) is 0 Å². The normalized spacial score (nSPS) is 23.9. The Hall–Kier alpha value is -0.870. The molecule has 1 amide bonds. The third kappa shape index (κ3) is 3.89. The van der Waals surface area contributed by atoms with Crippen LogP contribution in [0, 0.1) is 0 Å². The van der Waals surface area contributed by atoms with Gasteiger partial charge in [-0.3, -0.25) is 4.79 Å². The van der Waals surface area contributed by atoms with Crippen LogP contribution in [0.3, 0.4) is 0 Å². The lowest BCUT2D eigenvalue weighted by Gasteiger charge is -2.23. The molecule has 0 aliphatic carbocycles. The van der Waals surface area contributed by atoms with Crippen molar-refractivity contribution < 1.29 is 9.53 Å². The molecule has 0 aromatic carbocycles. The number of carbonyl (C=O) groups is 1. The maximum atomic E-state index is 11.4. The first-order valence-electron chi connectivity index (χ1n) is 4.95. The Morgan fingerprint density at radius 3 is 3.21 bits per heavy atom. The van der Waals surface area contributed by atoms with Crippen LogP contribution in [-0.2, 0) is 9.53 Å². The molecule has 1 aliphatic heterocycles. The summed E-state index contributed by atoms with van der Waals surface area (Å²) < 4.78 is 5.25. The molecule has 2 N–H and O–H groups in total. The van der Waals surface area contributed by atoms with Crippen molar-refractivity contribution in [1.29, 1.82) is 0 Å². The Balaban J connectivity index is 2.21. The lowest BCUT2D eigenvalue weighted by Crippen LogP contribution is -2.45. The standard InChI is InChI=1S/C10H18N2O2/c1-3-8(2)12-10(13)6-9-7-14-5-4-11-9/h3,8-9,11H,1,4-7H2,2H3,(H,12,13). The van der Waals surface area contributed by atoms with Crippen LogP contribution in [0.5, 0.6) is 0 Å². The van der Waals surface area contributed by atoms with Gasteiger partial charge >= 0.3 is 0 Å². The lowest BCUT2D eigenvalue weighted by atomic mass is 10.2. The summed E-state index contributed by atoms with van der Waals surface area (Å²) in [6, 6.07) is 0.188. The molecule has 0 aromatic heterocycles. The Labute approximate surface area is 84.7 Å². The highest BCUT2D eigenvalue weighted by Crippen LogP contribution is 1.98. The molecule has 0 aromatic rings. The monoisotopic (exact) mass is 198 g/mol. The van der Waals surface area contributed by atoms with Crippen molar-refractivity contribution >= 4 is 5.91 Å². The van der Waals surface area contributed by atoms with Crippen LogP contribution in [0.2, 0.25) is 0 Å². The largest absolute Gasteiger partial charge is 0.378 e. The summed E-state index contributed by atoms with van der Waals surface area (Å²) in [5.41, 5.74) is 0. The van der Waals surface area contributed by atoms with Crippen LogP contribution in [0.4, 0.5) is 0 Å². The molecule has 0 spiro atoms. The van der Waals surface area contributed by atoms with Crippen molar-refractivity contribution in [1.82, 2.24) is 10.6 Å². The molecule has 2 atom stereocenters. The second-order valence-corrected chi connectivity index (χ2v) is 3.52. The number of amides is 1. The Morgan fingerprint density at radius 1 is 1.86 bits per heavy atom. The molecule has 1 saturated heterocycles. The highest BCUT2D eigenvalue weighted by atomic mass is 16.5. The van der Waals surface area contributed by atoms with Crippen molar-refractivity contribution in [3.05, 3.63) is 12.7 Å². The number of nitrogens with one attached hydrogen (secondary N) is 2. The third-order valence-electron chi connectivity index (χ3n) is 2.17. The number of rotatable bonds is 4. The Bertz CT molecular complexity index is 200. The van der Waals surface area contributed by atoms with Gasteiger partial charge in [-0.2, -0.15) is 0 Å². The minimum absolute atomic E-state index is 0.0343. The summed E-state index contributed by atoms with van der Waals surface area (Å²) in [7, 11) is 0. The summed E-state index contributed by atoms with van der Waals surface area (Å²) in [6.45, 7) is 7.69. The van der Waals surface area contributed by atoms with Gasteiger partial charge in [0.15, 0.2) is 0 Å². The molecule has 80 valence electrons. The van der Waals surface area contributed by atoms with Crippen molar-refractivity contribution in [3.8, 4) is 0 Å². The van der Waals surface area contributed by atoms with Gasteiger partial charge < -0.3 is 15.4 Å². The van der Waals surface area contributed by atoms with E-state index in [2.05, 4.69) is 17.2 Å². The van der Waals surface area contributed by atoms with Gasteiger partial charge in [0, 0.05) is 25.0 Å². The average molecular weight is 198 g/mol. The van der Waals surface area contributed by atoms with Gasteiger partial charge in [-0.05, 0) is 6.92 Å². The SMILES string of the molecule is C=CC(C)NC(=O)CC1COCCN1. The predicted molar refractivity (Wildman–Crippen MR) is 55.0 cm³/mol. The fourth-order valence-electron chi connectivity index (χ4n) is 1.35. The second-order valence-electron chi connectivity index (χ2n) is 3.52. The maximum Gasteiger partial charge on any atom is 0.222 e. The van der Waals surface area contributed by atoms with E-state index in [-0.39, 0.29) is 18.0 Å². The third-order valence-corrected chi connectivity index (χ3v) is 2.17. The minimum atomic E-state index is 0.0343. The van der Waals surface area contributed by atoms with E-state index in [1.54, 1.807) is 6.08 Å². The van der Waals surface area contributed by atoms with Crippen LogP contribution in [0.15, 0.2) is 12.7 Å². The topological polar surface area (TPSA) is 50.4 Å². The van der Waals surface area contributed by atoms with Crippen LogP contribution in [-0.4, -0.2) is 37.7 Å². The first-order chi connectivity index (χ1) is 6.72. The maximum absolute atomic E-state index is 11.4. The summed E-state index contributed by atoms with van der Waals surface area (Å²) in [6.07, 6.45) is 2.18. The molecule has 0 radical (unpaired) electrons. The fraction of sp³-hybridized carbons (Fsp3) is 0.700. The quantitative estimate of drug-likeness (QED) is 0.628. The van der Waals surface area contributed by atoms with E-state index in [4.69, 9.17) is 4.74 Å². The number of hydrogen-bond donors (Lipinski definition) is 2. The Kier molecular flexibility index (Phi) is 4.62. The summed E-state index contributed by atoms with van der Waals surface area (Å²) in [5, 5.41) is 6.05. The van der Waals surface area contributed by atoms with E-state index in [9.17, 15) is 4.79 Å². The van der Waals surface area contributed by atoms with Gasteiger partial charge in [0.05, 0.1) is 13.2 Å². The van der Waals surface area contributed by atoms with Gasteiger partial charge in [-0.15, -0.1) is 6.58 Å². The molecule has 1 fully saturated rings. The fourth-order valence-corrected chi connectivity index (χ4v) is 1.35. The smallest absolute Gasteiger partial charge is 0.222 e. The van der Waals surface area contributed by atoms with Crippen molar-refractivity contribution in [2.24, 2.45) is 0 Å². The average Bonchev–Trinajstić information content (AvgIpc) is 2.19. The first kappa shape index (κ1) is 11.2. The second kappa shape index (κ2) is 5.78. The summed E-state index contributed by atoms with van der Waals surface area (Å²) in [5.74, 6) is 0.0420. The molecule has 4 heteroatoms. The van der Waals surface area contributed by atoms with E-state index in [0.29, 0.717) is 13.0 Å². The number of morpholine rings is 1. The van der Waals surface area contributed by atoms with Crippen LogP contribution in [0.1, 0.15) is 13.3 Å². The zero-order chi connectivity index (χ0) is 10.4. The van der Waals surface area contributed by atoms with Crippen molar-refractivity contribution in [2.45, 2.75) is 25.4 Å². The molecule has 1 heterocycles. The minimum Gasteiger partial charge on any atom is -0.378 e. The molecular formula is C10H18N2O2. The highest BCUT2D eigenvalue weighted by Gasteiger charge is 2.16. The van der Waals surface area contributed by atoms with Gasteiger partial charge in [-0.25, -0.2) is 0 Å². The molecule has 2 unspecified atom stereocenters.